The average Bonchev–Trinajstić information content (AvgIpc) is 3.93. The molecule has 0 atom stereocenters. The third-order valence-electron chi connectivity index (χ3n) is 13.5. The minimum atomic E-state index is -0.477. The zero-order valence-electron chi connectivity index (χ0n) is 35.9. The lowest BCUT2D eigenvalue weighted by molar-refractivity contribution is 0.768. The summed E-state index contributed by atoms with van der Waals surface area (Å²) in [5.74, 6) is 0.690. The fraction of sp³-hybridized carbons (Fsp3) is 0.0159. The van der Waals surface area contributed by atoms with Gasteiger partial charge >= 0.3 is 0 Å². The molecule has 2 heterocycles. The summed E-state index contributed by atoms with van der Waals surface area (Å²) < 4.78 is 2.57. The summed E-state index contributed by atoms with van der Waals surface area (Å²) in [6.07, 6.45) is 0. The van der Waals surface area contributed by atoms with Crippen molar-refractivity contribution in [2.45, 2.75) is 5.41 Å². The lowest BCUT2D eigenvalue weighted by atomic mass is 9.67. The van der Waals surface area contributed by atoms with Crippen molar-refractivity contribution >= 4 is 42.3 Å². The number of hydrogen-bond acceptors (Lipinski definition) is 3. The summed E-state index contributed by atoms with van der Waals surface area (Å²) in [4.78, 5) is 10.8. The van der Waals surface area contributed by atoms with Crippen LogP contribution in [0.15, 0.2) is 243 Å². The fourth-order valence-corrected chi connectivity index (χ4v) is 11.7. The summed E-state index contributed by atoms with van der Waals surface area (Å²) in [5.41, 5.74) is 16.5. The number of aromatic nitrogens is 2. The van der Waals surface area contributed by atoms with Gasteiger partial charge in [0.2, 0.25) is 0 Å². The van der Waals surface area contributed by atoms with Crippen LogP contribution in [0.3, 0.4) is 0 Å². The Balaban J connectivity index is 1.04. The Hall–Kier alpha value is -8.24. The van der Waals surface area contributed by atoms with E-state index in [2.05, 4.69) is 237 Å². The average molecular weight is 857 g/mol. The third-order valence-corrected chi connectivity index (χ3v) is 14.7. The molecule has 0 spiro atoms. The van der Waals surface area contributed by atoms with Crippen LogP contribution in [-0.4, -0.2) is 9.97 Å². The molecule has 3 heteroatoms. The molecule has 0 amide bonds. The standard InChI is InChI=1S/C63H40N2S/c1-4-18-42(19-5-1)62-64-57(45-33-34-56-54(39-45)52-25-12-14-28-55(52)63(56,49-21-6-2-7-22-49)50-23-8-3-9-24-50)40-58(65-62)48-37-46(44-32-31-41-17-10-11-20-43(41)35-44)36-47(38-48)51-27-16-30-60-61(51)53-26-13-15-29-59(53)66-60/h1-40H. The maximum absolute atomic E-state index is 5.42. The van der Waals surface area contributed by atoms with Gasteiger partial charge < -0.3 is 0 Å². The molecule has 13 rings (SSSR count). The Morgan fingerprint density at radius 1 is 0.318 bits per heavy atom. The van der Waals surface area contributed by atoms with Crippen LogP contribution in [0.5, 0.6) is 0 Å². The van der Waals surface area contributed by atoms with E-state index in [0.717, 1.165) is 44.8 Å². The molecular weight excluding hydrogens is 817 g/mol. The summed E-state index contributed by atoms with van der Waals surface area (Å²) in [7, 11) is 0. The Labute approximate surface area is 387 Å². The highest BCUT2D eigenvalue weighted by Crippen LogP contribution is 2.56. The maximum atomic E-state index is 5.42. The van der Waals surface area contributed by atoms with Crippen LogP contribution in [0.2, 0.25) is 0 Å². The molecule has 66 heavy (non-hydrogen) atoms. The lowest BCUT2D eigenvalue weighted by Gasteiger charge is -2.33. The first-order valence-electron chi connectivity index (χ1n) is 22.5. The van der Waals surface area contributed by atoms with E-state index < -0.39 is 5.41 Å². The first kappa shape index (κ1) is 38.2. The van der Waals surface area contributed by atoms with Crippen molar-refractivity contribution in [2.24, 2.45) is 0 Å². The molecule has 1 aliphatic carbocycles. The highest BCUT2D eigenvalue weighted by Gasteiger charge is 2.46. The largest absolute Gasteiger partial charge is 0.228 e. The van der Waals surface area contributed by atoms with E-state index in [0.29, 0.717) is 5.82 Å². The molecule has 0 saturated carbocycles. The molecule has 2 aromatic heterocycles. The normalized spacial score (nSPS) is 12.7. The predicted octanol–water partition coefficient (Wildman–Crippen LogP) is 16.7. The van der Waals surface area contributed by atoms with Gasteiger partial charge in [0.05, 0.1) is 16.8 Å². The van der Waals surface area contributed by atoms with E-state index in [-0.39, 0.29) is 0 Å². The molecule has 12 aromatic rings. The second kappa shape index (κ2) is 15.5. The minimum Gasteiger partial charge on any atom is -0.228 e. The first-order valence-corrected chi connectivity index (χ1v) is 23.4. The topological polar surface area (TPSA) is 25.8 Å². The van der Waals surface area contributed by atoms with Gasteiger partial charge in [0.25, 0.3) is 0 Å². The van der Waals surface area contributed by atoms with Crippen LogP contribution in [0.25, 0.3) is 98.2 Å². The Morgan fingerprint density at radius 2 is 0.909 bits per heavy atom. The van der Waals surface area contributed by atoms with Gasteiger partial charge in [-0.2, -0.15) is 0 Å². The number of rotatable bonds is 7. The number of fused-ring (bicyclic) bond motifs is 7. The molecule has 0 saturated heterocycles. The van der Waals surface area contributed by atoms with Crippen LogP contribution in [-0.2, 0) is 5.41 Å². The molecule has 1 aliphatic rings. The molecule has 308 valence electrons. The minimum absolute atomic E-state index is 0.477. The van der Waals surface area contributed by atoms with E-state index in [1.165, 1.54) is 69.9 Å². The zero-order chi connectivity index (χ0) is 43.6. The summed E-state index contributed by atoms with van der Waals surface area (Å²) in [6, 6.07) is 88.3. The van der Waals surface area contributed by atoms with Crippen molar-refractivity contribution in [2.75, 3.05) is 0 Å². The third kappa shape index (κ3) is 6.16. The van der Waals surface area contributed by atoms with Crippen molar-refractivity contribution in [1.82, 2.24) is 9.97 Å². The quantitative estimate of drug-likeness (QED) is 0.160. The summed E-state index contributed by atoms with van der Waals surface area (Å²) >= 11 is 1.85. The molecule has 10 aromatic carbocycles. The molecule has 0 N–H and O–H groups in total. The van der Waals surface area contributed by atoms with Gasteiger partial charge in [-0.25, -0.2) is 9.97 Å². The van der Waals surface area contributed by atoms with Crippen molar-refractivity contribution in [1.29, 1.82) is 0 Å². The smallest absolute Gasteiger partial charge is 0.160 e. The molecule has 0 radical (unpaired) electrons. The molecule has 0 fully saturated rings. The van der Waals surface area contributed by atoms with E-state index in [4.69, 9.17) is 9.97 Å². The van der Waals surface area contributed by atoms with Crippen molar-refractivity contribution < 1.29 is 0 Å². The molecule has 0 unspecified atom stereocenters. The number of hydrogen-bond donors (Lipinski definition) is 0. The van der Waals surface area contributed by atoms with Crippen LogP contribution >= 0.6 is 11.3 Å². The molecule has 0 aliphatic heterocycles. The highest BCUT2D eigenvalue weighted by atomic mass is 32.1. The summed E-state index contributed by atoms with van der Waals surface area (Å²) in [6.45, 7) is 0. The monoisotopic (exact) mass is 856 g/mol. The van der Waals surface area contributed by atoms with E-state index in [9.17, 15) is 0 Å². The Kier molecular flexibility index (Phi) is 8.97. The van der Waals surface area contributed by atoms with E-state index in [1.807, 2.05) is 17.4 Å². The SMILES string of the molecule is c1ccc(-c2nc(-c3cc(-c4ccc5ccccc5c4)cc(-c4cccc5sc6ccccc6c45)c3)cc(-c3ccc4c(c3)-c3ccccc3C4(c3ccccc3)c3ccccc3)n2)cc1. The van der Waals surface area contributed by atoms with Crippen LogP contribution in [0.4, 0.5) is 0 Å². The van der Waals surface area contributed by atoms with Gasteiger partial charge in [-0.3, -0.25) is 0 Å². The van der Waals surface area contributed by atoms with Crippen molar-refractivity contribution in [3.63, 3.8) is 0 Å². The van der Waals surface area contributed by atoms with Gasteiger partial charge in [-0.05, 0) is 115 Å². The van der Waals surface area contributed by atoms with Crippen LogP contribution in [0.1, 0.15) is 22.3 Å². The maximum Gasteiger partial charge on any atom is 0.160 e. The fourth-order valence-electron chi connectivity index (χ4n) is 10.5. The van der Waals surface area contributed by atoms with Gasteiger partial charge in [0.15, 0.2) is 5.82 Å². The predicted molar refractivity (Wildman–Crippen MR) is 277 cm³/mol. The van der Waals surface area contributed by atoms with Crippen molar-refractivity contribution in [3.05, 3.63) is 265 Å². The molecule has 2 nitrogen and oxygen atoms in total. The number of thiophene rings is 1. The molecule has 0 bridgehead atoms. The Morgan fingerprint density at radius 3 is 1.71 bits per heavy atom. The highest BCUT2D eigenvalue weighted by molar-refractivity contribution is 7.25. The van der Waals surface area contributed by atoms with Crippen molar-refractivity contribution in [3.8, 4) is 67.3 Å². The Bertz CT molecular complexity index is 3780. The lowest BCUT2D eigenvalue weighted by Crippen LogP contribution is -2.28. The number of benzene rings is 10. The van der Waals surface area contributed by atoms with Crippen LogP contribution in [0, 0.1) is 0 Å². The van der Waals surface area contributed by atoms with Gasteiger partial charge in [0.1, 0.15) is 0 Å². The van der Waals surface area contributed by atoms with E-state index in [1.54, 1.807) is 0 Å². The summed E-state index contributed by atoms with van der Waals surface area (Å²) in [5, 5.41) is 5.00. The zero-order valence-corrected chi connectivity index (χ0v) is 36.7. The second-order valence-corrected chi connectivity index (χ2v) is 18.3. The number of nitrogens with zero attached hydrogens (tertiary/aromatic N) is 2. The van der Waals surface area contributed by atoms with Gasteiger partial charge in [-0.1, -0.05) is 194 Å². The second-order valence-electron chi connectivity index (χ2n) is 17.3. The van der Waals surface area contributed by atoms with Crippen LogP contribution < -0.4 is 0 Å². The molecular formula is C63H40N2S. The van der Waals surface area contributed by atoms with Gasteiger partial charge in [0, 0.05) is 36.9 Å². The van der Waals surface area contributed by atoms with Gasteiger partial charge in [-0.15, -0.1) is 11.3 Å². The van der Waals surface area contributed by atoms with E-state index >= 15 is 0 Å². The first-order chi connectivity index (χ1) is 32.7.